The fourth-order valence-electron chi connectivity index (χ4n) is 3.02. The second-order valence-corrected chi connectivity index (χ2v) is 8.54. The molecule has 0 saturated heterocycles. The lowest BCUT2D eigenvalue weighted by Crippen LogP contribution is -2.28. The summed E-state index contributed by atoms with van der Waals surface area (Å²) in [6, 6.07) is 21.4. The molecule has 0 spiro atoms. The minimum Gasteiger partial charge on any atom is -0.358 e. The Labute approximate surface area is 182 Å². The van der Waals surface area contributed by atoms with Crippen LogP contribution in [0.5, 0.6) is 0 Å². The zero-order valence-electron chi connectivity index (χ0n) is 17.3. The molecule has 154 valence electrons. The standard InChI is InChI=1S/C25H25FN2OS/c1-25(2,3)20-13-11-17(12-14-20)23(29)18-8-6-9-21(15-18)28-24(30)27-16-19-7-4-5-10-22(19)26/h4-15H,16H2,1-3H3,(H2,27,28,30). The molecule has 0 bridgehead atoms. The molecule has 30 heavy (non-hydrogen) atoms. The maximum absolute atomic E-state index is 13.7. The van der Waals surface area contributed by atoms with Crippen LogP contribution in [0.4, 0.5) is 10.1 Å². The Morgan fingerprint density at radius 3 is 2.30 bits per heavy atom. The lowest BCUT2D eigenvalue weighted by atomic mass is 9.86. The number of benzene rings is 3. The maximum Gasteiger partial charge on any atom is 0.193 e. The topological polar surface area (TPSA) is 41.1 Å². The van der Waals surface area contributed by atoms with Gasteiger partial charge in [-0.25, -0.2) is 4.39 Å². The van der Waals surface area contributed by atoms with Crippen LogP contribution >= 0.6 is 12.2 Å². The normalized spacial score (nSPS) is 11.1. The van der Waals surface area contributed by atoms with Gasteiger partial charge in [0.25, 0.3) is 0 Å². The molecule has 0 amide bonds. The monoisotopic (exact) mass is 420 g/mol. The Morgan fingerprint density at radius 2 is 1.63 bits per heavy atom. The van der Waals surface area contributed by atoms with E-state index in [9.17, 15) is 9.18 Å². The summed E-state index contributed by atoms with van der Waals surface area (Å²) in [7, 11) is 0. The summed E-state index contributed by atoms with van der Waals surface area (Å²) in [6.45, 7) is 6.70. The van der Waals surface area contributed by atoms with Gasteiger partial charge in [0.1, 0.15) is 5.82 Å². The average molecular weight is 421 g/mol. The van der Waals surface area contributed by atoms with E-state index in [0.717, 1.165) is 0 Å². The Kier molecular flexibility index (Phi) is 6.63. The van der Waals surface area contributed by atoms with Gasteiger partial charge in [0.05, 0.1) is 0 Å². The van der Waals surface area contributed by atoms with E-state index in [0.29, 0.717) is 27.5 Å². The summed E-state index contributed by atoms with van der Waals surface area (Å²) >= 11 is 5.30. The van der Waals surface area contributed by atoms with Gasteiger partial charge in [0.2, 0.25) is 0 Å². The van der Waals surface area contributed by atoms with Gasteiger partial charge in [-0.05, 0) is 41.4 Å². The highest BCUT2D eigenvalue weighted by Gasteiger charge is 2.15. The number of anilines is 1. The van der Waals surface area contributed by atoms with Crippen LogP contribution < -0.4 is 10.6 Å². The van der Waals surface area contributed by atoms with E-state index in [1.165, 1.54) is 11.6 Å². The van der Waals surface area contributed by atoms with E-state index in [1.54, 1.807) is 36.4 Å². The zero-order valence-corrected chi connectivity index (χ0v) is 18.1. The van der Waals surface area contributed by atoms with E-state index in [-0.39, 0.29) is 23.6 Å². The highest BCUT2D eigenvalue weighted by Crippen LogP contribution is 2.23. The van der Waals surface area contributed by atoms with Crippen molar-refractivity contribution in [3.8, 4) is 0 Å². The molecule has 3 aromatic rings. The number of nitrogens with one attached hydrogen (secondary N) is 2. The molecule has 0 aliphatic heterocycles. The molecule has 3 nitrogen and oxygen atoms in total. The SMILES string of the molecule is CC(C)(C)c1ccc(C(=O)c2cccc(NC(=S)NCc3ccccc3F)c2)cc1. The maximum atomic E-state index is 13.7. The Bertz CT molecular complexity index is 1060. The lowest BCUT2D eigenvalue weighted by Gasteiger charge is -2.19. The predicted octanol–water partition coefficient (Wildman–Crippen LogP) is 5.84. The highest BCUT2D eigenvalue weighted by atomic mass is 32.1. The number of hydrogen-bond acceptors (Lipinski definition) is 2. The van der Waals surface area contributed by atoms with E-state index in [2.05, 4.69) is 31.4 Å². The molecule has 0 aliphatic rings. The van der Waals surface area contributed by atoms with Gasteiger partial charge in [-0.2, -0.15) is 0 Å². The third kappa shape index (κ3) is 5.51. The van der Waals surface area contributed by atoms with E-state index in [4.69, 9.17) is 12.2 Å². The predicted molar refractivity (Wildman–Crippen MR) is 124 cm³/mol. The number of carbonyl (C=O) groups is 1. The first-order valence-electron chi connectivity index (χ1n) is 9.77. The summed E-state index contributed by atoms with van der Waals surface area (Å²) in [5.74, 6) is -0.331. The molecule has 0 unspecified atom stereocenters. The van der Waals surface area contributed by atoms with Gasteiger partial charge in [0.15, 0.2) is 10.9 Å². The van der Waals surface area contributed by atoms with Crippen LogP contribution in [-0.2, 0) is 12.0 Å². The van der Waals surface area contributed by atoms with Crippen molar-refractivity contribution in [3.63, 3.8) is 0 Å². The Morgan fingerprint density at radius 1 is 0.933 bits per heavy atom. The largest absolute Gasteiger partial charge is 0.358 e. The minimum atomic E-state index is -0.280. The molecule has 0 radical (unpaired) electrons. The smallest absolute Gasteiger partial charge is 0.193 e. The van der Waals surface area contributed by atoms with Crippen molar-refractivity contribution < 1.29 is 9.18 Å². The van der Waals surface area contributed by atoms with E-state index in [1.807, 2.05) is 30.3 Å². The molecular weight excluding hydrogens is 395 g/mol. The van der Waals surface area contributed by atoms with Crippen molar-refractivity contribution >= 4 is 28.8 Å². The molecule has 2 N–H and O–H groups in total. The number of halogens is 1. The summed E-state index contributed by atoms with van der Waals surface area (Å²) < 4.78 is 13.7. The minimum absolute atomic E-state index is 0.0385. The van der Waals surface area contributed by atoms with Crippen LogP contribution in [0.25, 0.3) is 0 Å². The van der Waals surface area contributed by atoms with E-state index < -0.39 is 0 Å². The third-order valence-corrected chi connectivity index (χ3v) is 5.04. The van der Waals surface area contributed by atoms with Crippen LogP contribution in [0.1, 0.15) is 47.8 Å². The quantitative estimate of drug-likeness (QED) is 0.402. The van der Waals surface area contributed by atoms with Crippen molar-refractivity contribution in [2.75, 3.05) is 5.32 Å². The van der Waals surface area contributed by atoms with Gasteiger partial charge in [0, 0.05) is 28.9 Å². The molecule has 0 aliphatic carbocycles. The van der Waals surface area contributed by atoms with Crippen molar-refractivity contribution in [2.24, 2.45) is 0 Å². The molecule has 0 saturated carbocycles. The molecule has 3 rings (SSSR count). The first-order valence-corrected chi connectivity index (χ1v) is 10.2. The molecular formula is C25H25FN2OS. The second-order valence-electron chi connectivity index (χ2n) is 8.14. The van der Waals surface area contributed by atoms with Crippen LogP contribution in [0.15, 0.2) is 72.8 Å². The molecule has 0 aromatic heterocycles. The zero-order chi connectivity index (χ0) is 21.7. The molecule has 0 fully saturated rings. The Hall–Kier alpha value is -3.05. The lowest BCUT2D eigenvalue weighted by molar-refractivity contribution is 0.103. The first-order chi connectivity index (χ1) is 14.2. The van der Waals surface area contributed by atoms with Crippen molar-refractivity contribution in [1.29, 1.82) is 0 Å². The Balaban J connectivity index is 1.66. The summed E-state index contributed by atoms with van der Waals surface area (Å²) in [4.78, 5) is 12.9. The number of hydrogen-bond donors (Lipinski definition) is 2. The van der Waals surface area contributed by atoms with Crippen molar-refractivity contribution in [2.45, 2.75) is 32.7 Å². The molecule has 0 heterocycles. The number of carbonyl (C=O) groups excluding carboxylic acids is 1. The summed E-state index contributed by atoms with van der Waals surface area (Å²) in [6.07, 6.45) is 0. The van der Waals surface area contributed by atoms with Crippen molar-refractivity contribution in [1.82, 2.24) is 5.32 Å². The van der Waals surface area contributed by atoms with Crippen LogP contribution in [-0.4, -0.2) is 10.9 Å². The van der Waals surface area contributed by atoms with Gasteiger partial charge >= 0.3 is 0 Å². The first kappa shape index (κ1) is 21.7. The summed E-state index contributed by atoms with van der Waals surface area (Å²) in [5.41, 5.74) is 3.65. The van der Waals surface area contributed by atoms with Crippen LogP contribution in [0.2, 0.25) is 0 Å². The molecule has 5 heteroatoms. The van der Waals surface area contributed by atoms with E-state index >= 15 is 0 Å². The van der Waals surface area contributed by atoms with Crippen molar-refractivity contribution in [3.05, 3.63) is 101 Å². The third-order valence-electron chi connectivity index (χ3n) is 4.79. The molecule has 3 aromatic carbocycles. The summed E-state index contributed by atoms with van der Waals surface area (Å²) in [5, 5.41) is 6.40. The average Bonchev–Trinajstić information content (AvgIpc) is 2.72. The van der Waals surface area contributed by atoms with Crippen LogP contribution in [0.3, 0.4) is 0 Å². The highest BCUT2D eigenvalue weighted by molar-refractivity contribution is 7.80. The van der Waals surface area contributed by atoms with Crippen LogP contribution in [0, 0.1) is 5.82 Å². The van der Waals surface area contributed by atoms with Gasteiger partial charge in [-0.3, -0.25) is 4.79 Å². The number of thiocarbonyl (C=S) groups is 1. The number of rotatable bonds is 5. The fourth-order valence-corrected chi connectivity index (χ4v) is 3.21. The fraction of sp³-hybridized carbons (Fsp3) is 0.200. The second kappa shape index (κ2) is 9.18. The van der Waals surface area contributed by atoms with Gasteiger partial charge in [-0.15, -0.1) is 0 Å². The number of ketones is 1. The van der Waals surface area contributed by atoms with Gasteiger partial charge in [-0.1, -0.05) is 75.4 Å². The van der Waals surface area contributed by atoms with Gasteiger partial charge < -0.3 is 10.6 Å². The molecule has 0 atom stereocenters.